The van der Waals surface area contributed by atoms with Gasteiger partial charge in [-0.15, -0.1) is 0 Å². The molecule has 1 aromatic carbocycles. The van der Waals surface area contributed by atoms with Gasteiger partial charge in [-0.1, -0.05) is 6.07 Å². The lowest BCUT2D eigenvalue weighted by molar-refractivity contribution is -0.139. The largest absolute Gasteiger partial charge is 0.481 e. The number of urea groups is 1. The van der Waals surface area contributed by atoms with Crippen LogP contribution < -0.4 is 10.2 Å². The molecule has 120 valence electrons. The van der Waals surface area contributed by atoms with Crippen LogP contribution in [0.3, 0.4) is 0 Å². The third-order valence-electron chi connectivity index (χ3n) is 5.03. The molecule has 0 aromatic heterocycles. The summed E-state index contributed by atoms with van der Waals surface area (Å²) in [5, 5.41) is 11.8. The quantitative estimate of drug-likeness (QED) is 0.855. The molecular weight excluding hydrogens is 298 g/mol. The Bertz CT molecular complexity index is 692. The Hall–Kier alpha value is -2.57. The van der Waals surface area contributed by atoms with Crippen molar-refractivity contribution in [3.63, 3.8) is 0 Å². The van der Waals surface area contributed by atoms with Crippen LogP contribution in [0.25, 0.3) is 0 Å². The highest BCUT2D eigenvalue weighted by molar-refractivity contribution is 5.98. The number of fused-ring (bicyclic) bond motifs is 1. The molecule has 4 rings (SSSR count). The minimum absolute atomic E-state index is 0.0946. The summed E-state index contributed by atoms with van der Waals surface area (Å²) in [6, 6.07) is 6.89. The Morgan fingerprint density at radius 2 is 1.96 bits per heavy atom. The molecule has 3 fully saturated rings. The second-order valence-electron chi connectivity index (χ2n) is 6.34. The first-order valence-electron chi connectivity index (χ1n) is 7.74. The predicted octanol–water partition coefficient (Wildman–Crippen LogP) is 0.619. The van der Waals surface area contributed by atoms with Crippen LogP contribution in [0.15, 0.2) is 24.3 Å². The van der Waals surface area contributed by atoms with E-state index in [2.05, 4.69) is 5.32 Å². The molecule has 1 aliphatic carbocycles. The van der Waals surface area contributed by atoms with Crippen molar-refractivity contribution in [2.75, 3.05) is 31.1 Å². The highest BCUT2D eigenvalue weighted by Crippen LogP contribution is 2.51. The molecule has 3 aliphatic rings. The van der Waals surface area contributed by atoms with Gasteiger partial charge in [0.25, 0.3) is 5.91 Å². The minimum Gasteiger partial charge on any atom is -0.481 e. The number of likely N-dealkylation sites (tertiary alicyclic amines) is 1. The van der Waals surface area contributed by atoms with Crippen LogP contribution in [-0.4, -0.2) is 54.1 Å². The number of nitrogens with zero attached hydrogens (tertiary/aromatic N) is 2. The Kier molecular flexibility index (Phi) is 3.04. The predicted molar refractivity (Wildman–Crippen MR) is 81.2 cm³/mol. The maximum Gasteiger partial charge on any atom is 0.321 e. The van der Waals surface area contributed by atoms with Crippen LogP contribution >= 0.6 is 0 Å². The van der Waals surface area contributed by atoms with E-state index in [1.165, 1.54) is 0 Å². The van der Waals surface area contributed by atoms with Gasteiger partial charge in [-0.05, 0) is 30.0 Å². The molecule has 3 amide bonds. The van der Waals surface area contributed by atoms with Crippen LogP contribution in [0.2, 0.25) is 0 Å². The molecule has 1 aromatic rings. The Labute approximate surface area is 132 Å². The number of benzene rings is 1. The summed E-state index contributed by atoms with van der Waals surface area (Å²) in [5.74, 6) is -0.927. The number of anilines is 1. The number of carboxylic acid groups (broad SMARTS) is 1. The highest BCUT2D eigenvalue weighted by atomic mass is 16.4. The zero-order chi connectivity index (χ0) is 16.1. The number of carboxylic acids is 1. The molecule has 2 saturated heterocycles. The van der Waals surface area contributed by atoms with Crippen molar-refractivity contribution >= 4 is 23.6 Å². The third-order valence-corrected chi connectivity index (χ3v) is 5.03. The van der Waals surface area contributed by atoms with Gasteiger partial charge in [0.05, 0.1) is 5.92 Å². The first-order valence-corrected chi connectivity index (χ1v) is 7.74. The minimum atomic E-state index is -0.755. The van der Waals surface area contributed by atoms with Gasteiger partial charge in [0.2, 0.25) is 0 Å². The van der Waals surface area contributed by atoms with Gasteiger partial charge in [0.15, 0.2) is 0 Å². The van der Waals surface area contributed by atoms with Crippen LogP contribution in [0.1, 0.15) is 10.4 Å². The summed E-state index contributed by atoms with van der Waals surface area (Å²) < 4.78 is 0. The lowest BCUT2D eigenvalue weighted by atomic mass is 10.1. The van der Waals surface area contributed by atoms with Crippen LogP contribution in [0.5, 0.6) is 0 Å². The van der Waals surface area contributed by atoms with E-state index in [1.807, 2.05) is 6.07 Å². The summed E-state index contributed by atoms with van der Waals surface area (Å²) in [6.45, 7) is 2.21. The van der Waals surface area contributed by atoms with Crippen molar-refractivity contribution in [2.45, 2.75) is 0 Å². The maximum atomic E-state index is 12.6. The summed E-state index contributed by atoms with van der Waals surface area (Å²) in [5.41, 5.74) is 1.24. The van der Waals surface area contributed by atoms with Crippen molar-refractivity contribution < 1.29 is 19.5 Å². The van der Waals surface area contributed by atoms with E-state index in [0.29, 0.717) is 37.4 Å². The van der Waals surface area contributed by atoms with Gasteiger partial charge in [-0.2, -0.15) is 0 Å². The second kappa shape index (κ2) is 4.97. The number of carbonyl (C=O) groups excluding carboxylic acids is 2. The van der Waals surface area contributed by atoms with Crippen LogP contribution in [0, 0.1) is 17.8 Å². The van der Waals surface area contributed by atoms with Gasteiger partial charge < -0.3 is 15.3 Å². The average Bonchev–Trinajstić information content (AvgIpc) is 2.87. The van der Waals surface area contributed by atoms with Crippen LogP contribution in [-0.2, 0) is 4.79 Å². The summed E-state index contributed by atoms with van der Waals surface area (Å²) in [6.07, 6.45) is 0. The van der Waals surface area contributed by atoms with E-state index in [9.17, 15) is 14.4 Å². The lowest BCUT2D eigenvalue weighted by Crippen LogP contribution is -2.33. The molecule has 3 atom stereocenters. The molecule has 23 heavy (non-hydrogen) atoms. The Morgan fingerprint density at radius 1 is 1.22 bits per heavy atom. The zero-order valence-corrected chi connectivity index (χ0v) is 12.4. The van der Waals surface area contributed by atoms with Crippen molar-refractivity contribution in [2.24, 2.45) is 17.8 Å². The van der Waals surface area contributed by atoms with Gasteiger partial charge >= 0.3 is 12.0 Å². The smallest absolute Gasteiger partial charge is 0.321 e. The number of amides is 3. The zero-order valence-electron chi connectivity index (χ0n) is 12.4. The Morgan fingerprint density at radius 3 is 2.57 bits per heavy atom. The van der Waals surface area contributed by atoms with E-state index in [0.717, 1.165) is 0 Å². The fraction of sp³-hybridized carbons (Fsp3) is 0.438. The fourth-order valence-corrected chi connectivity index (χ4v) is 3.77. The number of nitrogens with one attached hydrogen (secondary N) is 1. The summed E-state index contributed by atoms with van der Waals surface area (Å²) >= 11 is 0. The van der Waals surface area contributed by atoms with Crippen molar-refractivity contribution in [3.05, 3.63) is 29.8 Å². The molecule has 1 unspecified atom stereocenters. The van der Waals surface area contributed by atoms with Crippen LogP contribution in [0.4, 0.5) is 10.5 Å². The standard InChI is InChI=1S/C16H17N3O4/c20-14(18-7-11-12(8-18)13(11)15(21)22)9-2-1-3-10(6-9)19-5-4-17-16(19)23/h1-3,6,11-13H,4-5,7-8H2,(H,17,23)(H,21,22)/t11-,12+,13?. The Balaban J connectivity index is 1.48. The first-order chi connectivity index (χ1) is 11.1. The number of aliphatic carboxylic acids is 1. The third kappa shape index (κ3) is 2.23. The molecule has 0 spiro atoms. The number of rotatable bonds is 3. The molecule has 0 radical (unpaired) electrons. The van der Waals surface area contributed by atoms with Gasteiger partial charge in [-0.3, -0.25) is 14.5 Å². The van der Waals surface area contributed by atoms with Gasteiger partial charge in [0, 0.05) is 37.4 Å². The molecule has 2 heterocycles. The maximum absolute atomic E-state index is 12.6. The van der Waals surface area contributed by atoms with E-state index >= 15 is 0 Å². The number of hydrogen-bond donors (Lipinski definition) is 2. The molecule has 7 nitrogen and oxygen atoms in total. The second-order valence-corrected chi connectivity index (χ2v) is 6.34. The van der Waals surface area contributed by atoms with Crippen molar-refractivity contribution in [3.8, 4) is 0 Å². The molecule has 7 heteroatoms. The fourth-order valence-electron chi connectivity index (χ4n) is 3.77. The monoisotopic (exact) mass is 315 g/mol. The van der Waals surface area contributed by atoms with E-state index in [4.69, 9.17) is 5.11 Å². The molecular formula is C16H17N3O4. The molecule has 2 aliphatic heterocycles. The highest BCUT2D eigenvalue weighted by Gasteiger charge is 2.60. The van der Waals surface area contributed by atoms with Gasteiger partial charge in [0.1, 0.15) is 0 Å². The van der Waals surface area contributed by atoms with E-state index in [1.54, 1.807) is 28.0 Å². The summed E-state index contributed by atoms with van der Waals surface area (Å²) in [4.78, 5) is 38.6. The molecule has 2 N–H and O–H groups in total. The number of carbonyl (C=O) groups is 3. The topological polar surface area (TPSA) is 89.9 Å². The molecule has 0 bridgehead atoms. The average molecular weight is 315 g/mol. The van der Waals surface area contributed by atoms with Gasteiger partial charge in [-0.25, -0.2) is 4.79 Å². The number of piperidine rings is 1. The number of hydrogen-bond acceptors (Lipinski definition) is 3. The van der Waals surface area contributed by atoms with Crippen molar-refractivity contribution in [1.82, 2.24) is 10.2 Å². The first kappa shape index (κ1) is 14.0. The summed E-state index contributed by atoms with van der Waals surface area (Å²) in [7, 11) is 0. The van der Waals surface area contributed by atoms with E-state index in [-0.39, 0.29) is 29.7 Å². The lowest BCUT2D eigenvalue weighted by Gasteiger charge is -2.20. The molecule has 1 saturated carbocycles. The SMILES string of the molecule is O=C(O)C1[C@H]2CN(C(=O)c3cccc(N4CCNC4=O)c3)C[C@@H]12. The van der Waals surface area contributed by atoms with Crippen molar-refractivity contribution in [1.29, 1.82) is 0 Å². The van der Waals surface area contributed by atoms with E-state index < -0.39 is 5.97 Å². The normalized spacial score (nSPS) is 28.5.